The highest BCUT2D eigenvalue weighted by Crippen LogP contribution is 2.34. The molecule has 7 heteroatoms. The van der Waals surface area contributed by atoms with Gasteiger partial charge in [0.25, 0.3) is 11.8 Å². The molecule has 134 valence electrons. The van der Waals surface area contributed by atoms with E-state index in [2.05, 4.69) is 20.6 Å². The summed E-state index contributed by atoms with van der Waals surface area (Å²) >= 11 is 0. The first kappa shape index (κ1) is 16.6. The molecule has 3 aromatic rings. The highest BCUT2D eigenvalue weighted by atomic mass is 16.5. The van der Waals surface area contributed by atoms with Gasteiger partial charge in [0.05, 0.1) is 12.7 Å². The number of hydrogen-bond donors (Lipinski definition) is 3. The minimum Gasteiger partial charge on any atom is -0.497 e. The van der Waals surface area contributed by atoms with Crippen LogP contribution >= 0.6 is 0 Å². The number of fused-ring (bicyclic) bond motifs is 1. The molecule has 0 aliphatic carbocycles. The summed E-state index contributed by atoms with van der Waals surface area (Å²) in [5, 5.41) is 5.66. The summed E-state index contributed by atoms with van der Waals surface area (Å²) in [6.07, 6.45) is 4.98. The van der Waals surface area contributed by atoms with Crippen molar-refractivity contribution in [1.29, 1.82) is 0 Å². The number of imidazole rings is 1. The fraction of sp³-hybridized carbons (Fsp3) is 0.0500. The summed E-state index contributed by atoms with van der Waals surface area (Å²) in [5.74, 6) is 0.813. The van der Waals surface area contributed by atoms with E-state index >= 15 is 0 Å². The van der Waals surface area contributed by atoms with Crippen LogP contribution < -0.4 is 15.4 Å². The number of carbonyl (C=O) groups is 2. The Morgan fingerprint density at radius 1 is 1.19 bits per heavy atom. The number of nitrogens with zero attached hydrogens (tertiary/aromatic N) is 1. The van der Waals surface area contributed by atoms with Crippen LogP contribution in [0.5, 0.6) is 5.75 Å². The molecule has 1 aliphatic rings. The summed E-state index contributed by atoms with van der Waals surface area (Å²) < 4.78 is 5.10. The van der Waals surface area contributed by atoms with Gasteiger partial charge in [-0.15, -0.1) is 0 Å². The number of methoxy groups -OCH3 is 1. The maximum atomic E-state index is 12.5. The van der Waals surface area contributed by atoms with Gasteiger partial charge >= 0.3 is 0 Å². The lowest BCUT2D eigenvalue weighted by Gasteiger charge is -2.08. The molecule has 0 bridgehead atoms. The van der Waals surface area contributed by atoms with Crippen molar-refractivity contribution in [3.63, 3.8) is 0 Å². The highest BCUT2D eigenvalue weighted by molar-refractivity contribution is 6.35. The first-order valence-corrected chi connectivity index (χ1v) is 8.26. The van der Waals surface area contributed by atoms with Crippen molar-refractivity contribution in [3.05, 3.63) is 71.8 Å². The van der Waals surface area contributed by atoms with Gasteiger partial charge in [-0.25, -0.2) is 4.98 Å². The molecule has 0 spiro atoms. The van der Waals surface area contributed by atoms with Crippen LogP contribution in [0.4, 0.5) is 11.4 Å². The number of amides is 2. The molecule has 0 saturated heterocycles. The molecule has 3 N–H and O–H groups in total. The van der Waals surface area contributed by atoms with Crippen LogP contribution in [0, 0.1) is 0 Å². The number of anilines is 2. The molecule has 27 heavy (non-hydrogen) atoms. The molecule has 2 aromatic carbocycles. The third kappa shape index (κ3) is 3.30. The average Bonchev–Trinajstić information content (AvgIpc) is 3.30. The second kappa shape index (κ2) is 6.80. The maximum Gasteiger partial charge on any atom is 0.256 e. The predicted octanol–water partition coefficient (Wildman–Crippen LogP) is 3.16. The van der Waals surface area contributed by atoms with E-state index in [1.54, 1.807) is 68.0 Å². The Kier molecular flexibility index (Phi) is 4.18. The van der Waals surface area contributed by atoms with Crippen molar-refractivity contribution in [1.82, 2.24) is 9.97 Å². The SMILES string of the molecule is COc1ccc(C(=O)Nc2ccc3c(c2)/C(=C/c2ncc[nH]2)C(=O)N3)cc1. The normalized spacial score (nSPS) is 14.0. The zero-order valence-electron chi connectivity index (χ0n) is 14.4. The average molecular weight is 360 g/mol. The summed E-state index contributed by atoms with van der Waals surface area (Å²) in [6.45, 7) is 0. The first-order valence-electron chi connectivity index (χ1n) is 8.26. The van der Waals surface area contributed by atoms with Gasteiger partial charge in [0.2, 0.25) is 0 Å². The van der Waals surface area contributed by atoms with E-state index in [4.69, 9.17) is 4.74 Å². The summed E-state index contributed by atoms with van der Waals surface area (Å²) in [5.41, 5.74) is 3.00. The molecule has 0 radical (unpaired) electrons. The van der Waals surface area contributed by atoms with Gasteiger partial charge in [0.1, 0.15) is 11.6 Å². The van der Waals surface area contributed by atoms with Crippen LogP contribution in [-0.4, -0.2) is 28.9 Å². The maximum absolute atomic E-state index is 12.5. The minimum absolute atomic E-state index is 0.208. The fourth-order valence-electron chi connectivity index (χ4n) is 2.85. The van der Waals surface area contributed by atoms with Crippen LogP contribution in [0.3, 0.4) is 0 Å². The number of rotatable bonds is 4. The van der Waals surface area contributed by atoms with Crippen molar-refractivity contribution in [3.8, 4) is 5.75 Å². The Morgan fingerprint density at radius 2 is 2.00 bits per heavy atom. The van der Waals surface area contributed by atoms with Crippen LogP contribution in [0.25, 0.3) is 11.6 Å². The lowest BCUT2D eigenvalue weighted by Crippen LogP contribution is -2.11. The third-order valence-electron chi connectivity index (χ3n) is 4.21. The number of benzene rings is 2. The van der Waals surface area contributed by atoms with Crippen LogP contribution in [-0.2, 0) is 4.79 Å². The van der Waals surface area contributed by atoms with Gasteiger partial charge in [0, 0.05) is 34.9 Å². The van der Waals surface area contributed by atoms with E-state index in [0.717, 1.165) is 0 Å². The van der Waals surface area contributed by atoms with E-state index in [0.29, 0.717) is 39.6 Å². The first-order chi connectivity index (χ1) is 13.1. The van der Waals surface area contributed by atoms with E-state index in [1.807, 2.05) is 0 Å². The van der Waals surface area contributed by atoms with E-state index in [9.17, 15) is 9.59 Å². The Labute approximate surface area is 155 Å². The molecule has 2 amide bonds. The molecule has 0 saturated carbocycles. The van der Waals surface area contributed by atoms with Gasteiger partial charge < -0.3 is 20.4 Å². The number of nitrogens with one attached hydrogen (secondary N) is 3. The van der Waals surface area contributed by atoms with E-state index in [-0.39, 0.29) is 11.8 Å². The van der Waals surface area contributed by atoms with Crippen LogP contribution in [0.1, 0.15) is 21.7 Å². The number of H-pyrrole nitrogens is 1. The predicted molar refractivity (Wildman–Crippen MR) is 102 cm³/mol. The molecule has 2 heterocycles. The Morgan fingerprint density at radius 3 is 2.70 bits per heavy atom. The zero-order chi connectivity index (χ0) is 18.8. The van der Waals surface area contributed by atoms with Gasteiger partial charge in [-0.2, -0.15) is 0 Å². The molecular formula is C20H16N4O3. The number of carbonyl (C=O) groups excluding carboxylic acids is 2. The zero-order valence-corrected chi connectivity index (χ0v) is 14.4. The second-order valence-electron chi connectivity index (χ2n) is 5.93. The smallest absolute Gasteiger partial charge is 0.256 e. The van der Waals surface area contributed by atoms with Crippen molar-refractivity contribution in [2.24, 2.45) is 0 Å². The number of ether oxygens (including phenoxy) is 1. The minimum atomic E-state index is -0.244. The molecule has 0 unspecified atom stereocenters. The number of aromatic nitrogens is 2. The Hall–Kier alpha value is -3.87. The molecule has 1 aliphatic heterocycles. The Balaban J connectivity index is 1.60. The largest absolute Gasteiger partial charge is 0.497 e. The quantitative estimate of drug-likeness (QED) is 0.623. The third-order valence-corrected chi connectivity index (χ3v) is 4.21. The van der Waals surface area contributed by atoms with Crippen molar-refractivity contribution < 1.29 is 14.3 Å². The lowest BCUT2D eigenvalue weighted by molar-refractivity contribution is -0.110. The summed E-state index contributed by atoms with van der Waals surface area (Å²) in [4.78, 5) is 31.8. The molecule has 0 atom stereocenters. The van der Waals surface area contributed by atoms with Crippen LogP contribution in [0.2, 0.25) is 0 Å². The topological polar surface area (TPSA) is 96.1 Å². The van der Waals surface area contributed by atoms with Crippen molar-refractivity contribution in [2.45, 2.75) is 0 Å². The van der Waals surface area contributed by atoms with Gasteiger partial charge in [0.15, 0.2) is 0 Å². The summed E-state index contributed by atoms with van der Waals surface area (Å²) in [7, 11) is 1.57. The molecule has 0 fully saturated rings. The van der Waals surface area contributed by atoms with E-state index in [1.165, 1.54) is 0 Å². The van der Waals surface area contributed by atoms with E-state index < -0.39 is 0 Å². The van der Waals surface area contributed by atoms with Gasteiger partial charge in [-0.3, -0.25) is 9.59 Å². The van der Waals surface area contributed by atoms with Gasteiger partial charge in [-0.1, -0.05) is 0 Å². The Bertz CT molecular complexity index is 1040. The second-order valence-corrected chi connectivity index (χ2v) is 5.93. The number of aromatic amines is 1. The molecule has 1 aromatic heterocycles. The standard InChI is InChI=1S/C20H16N4O3/c1-27-14-5-2-12(3-6-14)19(25)23-13-4-7-17-15(10-13)16(20(26)24-17)11-18-21-8-9-22-18/h2-11H,1H3,(H,21,22)(H,23,25)(H,24,26)/b16-11-. The fourth-order valence-corrected chi connectivity index (χ4v) is 2.85. The molecular weight excluding hydrogens is 344 g/mol. The number of hydrogen-bond acceptors (Lipinski definition) is 4. The van der Waals surface area contributed by atoms with Crippen LogP contribution in [0.15, 0.2) is 54.9 Å². The van der Waals surface area contributed by atoms with Crippen molar-refractivity contribution >= 4 is 34.8 Å². The lowest BCUT2D eigenvalue weighted by atomic mass is 10.1. The molecule has 4 rings (SSSR count). The summed E-state index contributed by atoms with van der Waals surface area (Å²) in [6, 6.07) is 12.1. The van der Waals surface area contributed by atoms with Crippen molar-refractivity contribution in [2.75, 3.05) is 17.7 Å². The molecule has 7 nitrogen and oxygen atoms in total. The van der Waals surface area contributed by atoms with Gasteiger partial charge in [-0.05, 0) is 48.5 Å². The highest BCUT2D eigenvalue weighted by Gasteiger charge is 2.25. The monoisotopic (exact) mass is 360 g/mol.